The van der Waals surface area contributed by atoms with E-state index in [1.54, 1.807) is 12.1 Å². The SMILES string of the molecule is CN(C)S(=O)(=O)c1ccc(C(=O)/C(=C/N(c2ccccc2)c2ccccc2)c2ccccc2)cc1. The van der Waals surface area contributed by atoms with Crippen molar-refractivity contribution in [3.63, 3.8) is 0 Å². The summed E-state index contributed by atoms with van der Waals surface area (Å²) in [6.07, 6.45) is 1.84. The van der Waals surface area contributed by atoms with Crippen molar-refractivity contribution in [2.75, 3.05) is 19.0 Å². The summed E-state index contributed by atoms with van der Waals surface area (Å²) in [6, 6.07) is 35.2. The molecule has 0 atom stereocenters. The third-order valence-corrected chi connectivity index (χ3v) is 7.38. The lowest BCUT2D eigenvalue weighted by atomic mass is 9.97. The third-order valence-electron chi connectivity index (χ3n) is 5.55. The van der Waals surface area contributed by atoms with Crippen LogP contribution in [0, 0.1) is 0 Å². The van der Waals surface area contributed by atoms with Crippen molar-refractivity contribution in [1.29, 1.82) is 0 Å². The van der Waals surface area contributed by atoms with Gasteiger partial charge in [-0.3, -0.25) is 4.79 Å². The van der Waals surface area contributed by atoms with Crippen molar-refractivity contribution in [3.8, 4) is 0 Å². The van der Waals surface area contributed by atoms with Gasteiger partial charge in [-0.15, -0.1) is 0 Å². The third kappa shape index (κ3) is 5.40. The molecule has 5 nitrogen and oxygen atoms in total. The first kappa shape index (κ1) is 24.1. The molecule has 0 saturated heterocycles. The number of anilines is 2. The van der Waals surface area contributed by atoms with E-state index >= 15 is 0 Å². The van der Waals surface area contributed by atoms with E-state index in [2.05, 4.69) is 0 Å². The van der Waals surface area contributed by atoms with Crippen LogP contribution in [0.2, 0.25) is 0 Å². The van der Waals surface area contributed by atoms with Gasteiger partial charge in [0.05, 0.1) is 4.90 Å². The normalized spacial score (nSPS) is 11.9. The number of para-hydroxylation sites is 2. The highest BCUT2D eigenvalue weighted by atomic mass is 32.2. The average Bonchev–Trinajstić information content (AvgIpc) is 2.90. The predicted molar refractivity (Wildman–Crippen MR) is 141 cm³/mol. The highest BCUT2D eigenvalue weighted by molar-refractivity contribution is 7.89. The number of allylic oxidation sites excluding steroid dienone is 1. The summed E-state index contributed by atoms with van der Waals surface area (Å²) in [4.78, 5) is 15.9. The summed E-state index contributed by atoms with van der Waals surface area (Å²) in [5.74, 6) is -0.207. The van der Waals surface area contributed by atoms with Gasteiger partial charge in [0.2, 0.25) is 10.0 Å². The molecule has 6 heteroatoms. The highest BCUT2D eigenvalue weighted by Crippen LogP contribution is 2.30. The van der Waals surface area contributed by atoms with Crippen LogP contribution < -0.4 is 4.90 Å². The number of benzene rings is 4. The molecule has 0 unspecified atom stereocenters. The van der Waals surface area contributed by atoms with Gasteiger partial charge in [-0.2, -0.15) is 0 Å². The van der Waals surface area contributed by atoms with E-state index in [0.29, 0.717) is 11.1 Å². The van der Waals surface area contributed by atoms with Crippen LogP contribution in [0.4, 0.5) is 11.4 Å². The molecule has 0 aromatic heterocycles. The van der Waals surface area contributed by atoms with Gasteiger partial charge in [-0.05, 0) is 54.1 Å². The summed E-state index contributed by atoms with van der Waals surface area (Å²) < 4.78 is 26.1. The molecule has 0 radical (unpaired) electrons. The second-order valence-corrected chi connectivity index (χ2v) is 10.2. The largest absolute Gasteiger partial charge is 0.316 e. The number of rotatable bonds is 8. The average molecular weight is 483 g/mol. The smallest absolute Gasteiger partial charge is 0.242 e. The molecule has 0 bridgehead atoms. The van der Waals surface area contributed by atoms with Gasteiger partial charge in [0, 0.05) is 42.8 Å². The van der Waals surface area contributed by atoms with Crippen molar-refractivity contribution in [2.45, 2.75) is 4.90 Å². The lowest BCUT2D eigenvalue weighted by Gasteiger charge is -2.23. The van der Waals surface area contributed by atoms with E-state index in [9.17, 15) is 13.2 Å². The minimum atomic E-state index is -3.58. The first-order valence-corrected chi connectivity index (χ1v) is 12.6. The minimum Gasteiger partial charge on any atom is -0.316 e. The molecule has 4 aromatic rings. The molecule has 35 heavy (non-hydrogen) atoms. The second kappa shape index (κ2) is 10.5. The van der Waals surface area contributed by atoms with Crippen LogP contribution in [0.1, 0.15) is 15.9 Å². The molecule has 0 saturated carbocycles. The quantitative estimate of drug-likeness (QED) is 0.228. The van der Waals surface area contributed by atoms with Crippen LogP contribution >= 0.6 is 0 Å². The molecular weight excluding hydrogens is 456 g/mol. The molecule has 0 amide bonds. The molecule has 4 rings (SSSR count). The minimum absolute atomic E-state index is 0.138. The molecule has 0 N–H and O–H groups in total. The molecule has 0 fully saturated rings. The van der Waals surface area contributed by atoms with Gasteiger partial charge < -0.3 is 4.90 Å². The van der Waals surface area contributed by atoms with E-state index < -0.39 is 10.0 Å². The van der Waals surface area contributed by atoms with E-state index in [1.807, 2.05) is 102 Å². The van der Waals surface area contributed by atoms with Gasteiger partial charge in [0.25, 0.3) is 0 Å². The lowest BCUT2D eigenvalue weighted by Crippen LogP contribution is -2.22. The number of hydrogen-bond acceptors (Lipinski definition) is 4. The first-order valence-electron chi connectivity index (χ1n) is 11.1. The Morgan fingerprint density at radius 2 is 1.09 bits per heavy atom. The summed E-state index contributed by atoms with van der Waals surface area (Å²) in [5.41, 5.74) is 3.47. The molecule has 0 heterocycles. The van der Waals surface area contributed by atoms with Gasteiger partial charge in [0.15, 0.2) is 5.78 Å². The van der Waals surface area contributed by atoms with Crippen LogP contribution in [0.5, 0.6) is 0 Å². The zero-order chi connectivity index (χ0) is 24.8. The van der Waals surface area contributed by atoms with E-state index in [4.69, 9.17) is 0 Å². The summed E-state index contributed by atoms with van der Waals surface area (Å²) in [7, 11) is -0.627. The first-order chi connectivity index (χ1) is 16.9. The Hall–Kier alpha value is -4.00. The number of ketones is 1. The number of Topliss-reactive ketones (excluding diaryl/α,β-unsaturated/α-hetero) is 1. The lowest BCUT2D eigenvalue weighted by molar-refractivity contribution is 0.105. The summed E-state index contributed by atoms with van der Waals surface area (Å²) >= 11 is 0. The van der Waals surface area contributed by atoms with E-state index in [0.717, 1.165) is 21.2 Å². The Kier molecular flexibility index (Phi) is 7.25. The molecular formula is C29H26N2O3S. The fraction of sp³-hybridized carbons (Fsp3) is 0.0690. The Balaban J connectivity index is 1.82. The van der Waals surface area contributed by atoms with Crippen molar-refractivity contribution in [1.82, 2.24) is 4.31 Å². The van der Waals surface area contributed by atoms with Gasteiger partial charge >= 0.3 is 0 Å². The Bertz CT molecular complexity index is 1380. The van der Waals surface area contributed by atoms with Crippen molar-refractivity contribution >= 4 is 32.8 Å². The van der Waals surface area contributed by atoms with Crippen LogP contribution in [-0.2, 0) is 10.0 Å². The van der Waals surface area contributed by atoms with Crippen LogP contribution in [0.15, 0.2) is 126 Å². The molecule has 0 aliphatic carbocycles. The van der Waals surface area contributed by atoms with Gasteiger partial charge in [-0.25, -0.2) is 12.7 Å². The topological polar surface area (TPSA) is 57.7 Å². The number of nitrogens with zero attached hydrogens (tertiary/aromatic N) is 2. The van der Waals surface area contributed by atoms with Crippen molar-refractivity contribution in [3.05, 3.63) is 133 Å². The van der Waals surface area contributed by atoms with Crippen molar-refractivity contribution < 1.29 is 13.2 Å². The maximum atomic E-state index is 13.8. The van der Waals surface area contributed by atoms with E-state index in [1.165, 1.54) is 26.2 Å². The Labute approximate surface area is 206 Å². The molecule has 0 aliphatic heterocycles. The number of carbonyl (C=O) groups is 1. The van der Waals surface area contributed by atoms with Gasteiger partial charge in [0.1, 0.15) is 0 Å². The Morgan fingerprint density at radius 3 is 1.54 bits per heavy atom. The van der Waals surface area contributed by atoms with Crippen molar-refractivity contribution in [2.24, 2.45) is 0 Å². The fourth-order valence-electron chi connectivity index (χ4n) is 3.63. The number of sulfonamides is 1. The zero-order valence-electron chi connectivity index (χ0n) is 19.6. The number of carbonyl (C=O) groups excluding carboxylic acids is 1. The predicted octanol–water partition coefficient (Wildman–Crippen LogP) is 6.00. The molecule has 176 valence electrons. The van der Waals surface area contributed by atoms with Crippen LogP contribution in [0.25, 0.3) is 5.57 Å². The summed E-state index contributed by atoms with van der Waals surface area (Å²) in [6.45, 7) is 0. The Morgan fingerprint density at radius 1 is 0.629 bits per heavy atom. The zero-order valence-corrected chi connectivity index (χ0v) is 20.4. The van der Waals surface area contributed by atoms with Crippen LogP contribution in [-0.4, -0.2) is 32.6 Å². The molecule has 0 spiro atoms. The fourth-order valence-corrected chi connectivity index (χ4v) is 4.53. The standard InChI is InChI=1S/C29H26N2O3S/c1-30(2)35(33,34)27-20-18-24(19-21-27)29(32)28(23-12-6-3-7-13-23)22-31(25-14-8-4-9-15-25)26-16-10-5-11-17-26/h3-22H,1-2H3/b28-22+. The number of hydrogen-bond donors (Lipinski definition) is 0. The van der Waals surface area contributed by atoms with Crippen LogP contribution in [0.3, 0.4) is 0 Å². The molecule has 0 aliphatic rings. The van der Waals surface area contributed by atoms with E-state index in [-0.39, 0.29) is 10.7 Å². The monoisotopic (exact) mass is 482 g/mol. The van der Waals surface area contributed by atoms with Gasteiger partial charge in [-0.1, -0.05) is 66.7 Å². The summed E-state index contributed by atoms with van der Waals surface area (Å²) in [5, 5.41) is 0. The second-order valence-electron chi connectivity index (χ2n) is 8.09. The maximum Gasteiger partial charge on any atom is 0.242 e. The molecule has 4 aromatic carbocycles. The highest BCUT2D eigenvalue weighted by Gasteiger charge is 2.20. The maximum absolute atomic E-state index is 13.8.